The highest BCUT2D eigenvalue weighted by Gasteiger charge is 2.57. The lowest BCUT2D eigenvalue weighted by molar-refractivity contribution is 0.0557. The largest absolute Gasteiger partial charge is 0.396 e. The fourth-order valence-corrected chi connectivity index (χ4v) is 10.4. The number of aromatic amines is 1. The van der Waals surface area contributed by atoms with Gasteiger partial charge in [-0.15, -0.1) is 17.8 Å². The number of thiazole rings is 1. The number of nitrogens with one attached hydrogen (secondary N) is 2. The second-order valence-electron chi connectivity index (χ2n) is 14.5. The maximum absolute atomic E-state index is 14.5. The quantitative estimate of drug-likeness (QED) is 0.156. The van der Waals surface area contributed by atoms with Crippen molar-refractivity contribution in [2.45, 2.75) is 95.2 Å². The molecule has 3 heterocycles. The Balaban J connectivity index is 1.20. The van der Waals surface area contributed by atoms with Crippen molar-refractivity contribution < 1.29 is 9.90 Å². The van der Waals surface area contributed by atoms with Gasteiger partial charge in [0.25, 0.3) is 5.91 Å². The molecule has 3 N–H and O–H groups in total. The molecule has 2 aromatic carbocycles. The molecule has 1 amide bonds. The van der Waals surface area contributed by atoms with Crippen LogP contribution in [0.25, 0.3) is 10.9 Å². The molecule has 4 bridgehead atoms. The number of aryl methyl sites for hydroxylation is 1. The van der Waals surface area contributed by atoms with Crippen molar-refractivity contribution in [2.24, 2.45) is 17.8 Å². The molecule has 9 rings (SSSR count). The van der Waals surface area contributed by atoms with Crippen LogP contribution in [0.15, 0.2) is 47.8 Å². The van der Waals surface area contributed by atoms with Gasteiger partial charge in [0.15, 0.2) is 5.01 Å². The molecule has 4 aliphatic carbocycles. The lowest BCUT2D eigenvalue weighted by Gasteiger charge is -2.42. The fourth-order valence-electron chi connectivity index (χ4n) is 9.79. The van der Waals surface area contributed by atoms with Crippen molar-refractivity contribution in [1.82, 2.24) is 14.9 Å². The number of hydrogen-bond donors (Lipinski definition) is 3. The first-order valence-electron chi connectivity index (χ1n) is 17.4. The molecule has 0 saturated heterocycles. The lowest BCUT2D eigenvalue weighted by atomic mass is 9.80. The zero-order valence-electron chi connectivity index (χ0n) is 26.7. The van der Waals surface area contributed by atoms with E-state index >= 15 is 0 Å². The Morgan fingerprint density at radius 3 is 2.67 bits per heavy atom. The molecule has 2 aromatic heterocycles. The van der Waals surface area contributed by atoms with Crippen molar-refractivity contribution in [3.8, 4) is 12.3 Å². The number of amides is 1. The summed E-state index contributed by atoms with van der Waals surface area (Å²) in [6, 6.07) is 15.3. The van der Waals surface area contributed by atoms with Crippen molar-refractivity contribution in [2.75, 3.05) is 11.9 Å². The fraction of sp³-hybridized carbons (Fsp3) is 0.487. The Bertz CT molecular complexity index is 1780. The van der Waals surface area contributed by atoms with E-state index in [4.69, 9.17) is 6.42 Å². The highest BCUT2D eigenvalue weighted by molar-refractivity contribution is 7.10. The summed E-state index contributed by atoms with van der Waals surface area (Å²) in [4.78, 5) is 24.9. The standard InChI is InChI=1S/C39H44N4O2S/c1-3-5-8-30-20-32-31-19-24(7-6-15-44)9-14-33(31)41-36(32)37(43(30)38(45)34-23-46-35(4-2)40-34)27-10-12-29(13-11-27)42-39-21-25-16-26(22-39)18-28(39)17-25/h2,9-14,19,23,25-26,28,30,37,41-42,44H,3,5-8,15-18,20-22H2,1H3/t25?,26?,28?,30-,37-,39?/m0/s1. The van der Waals surface area contributed by atoms with Crippen LogP contribution in [0.2, 0.25) is 0 Å². The van der Waals surface area contributed by atoms with Crippen LogP contribution in [0.5, 0.6) is 0 Å². The minimum Gasteiger partial charge on any atom is -0.396 e. The molecule has 1 aliphatic heterocycles. The summed E-state index contributed by atoms with van der Waals surface area (Å²) in [5, 5.41) is 17.1. The summed E-state index contributed by atoms with van der Waals surface area (Å²) in [5.41, 5.74) is 7.72. The molecule has 46 heavy (non-hydrogen) atoms. The molecule has 0 spiro atoms. The summed E-state index contributed by atoms with van der Waals surface area (Å²) < 4.78 is 0. The Hall–Kier alpha value is -3.60. The number of unbranched alkanes of at least 4 members (excludes halogenated alkanes) is 1. The van der Waals surface area contributed by atoms with E-state index in [0.717, 1.165) is 73.1 Å². The number of anilines is 1. The molecule has 4 atom stereocenters. The van der Waals surface area contributed by atoms with Crippen molar-refractivity contribution in [1.29, 1.82) is 0 Å². The zero-order valence-corrected chi connectivity index (χ0v) is 27.5. The molecular weight excluding hydrogens is 589 g/mol. The van der Waals surface area contributed by atoms with Gasteiger partial charge in [-0.3, -0.25) is 4.79 Å². The molecule has 7 heteroatoms. The SMILES string of the molecule is C#Cc1nc(C(=O)N2[C@@H](CCCC)Cc3c([nH]c4ccc(CCCO)cc34)[C@@H]2c2ccc(NC34CC5CC(CC3C5)C4)cc2)cs1. The van der Waals surface area contributed by atoms with E-state index in [9.17, 15) is 9.90 Å². The molecule has 4 aromatic rings. The van der Waals surface area contributed by atoms with Gasteiger partial charge in [0.2, 0.25) is 0 Å². The van der Waals surface area contributed by atoms with Gasteiger partial charge in [-0.05, 0) is 122 Å². The number of H-pyrrole nitrogens is 1. The molecule has 0 radical (unpaired) electrons. The van der Waals surface area contributed by atoms with Crippen LogP contribution in [-0.2, 0) is 12.8 Å². The van der Waals surface area contributed by atoms with Gasteiger partial charge >= 0.3 is 0 Å². The number of aliphatic hydroxyl groups excluding tert-OH is 1. The molecule has 6 nitrogen and oxygen atoms in total. The molecular formula is C39H44N4O2S. The number of fused-ring (bicyclic) bond motifs is 3. The van der Waals surface area contributed by atoms with E-state index < -0.39 is 0 Å². The number of nitrogens with zero attached hydrogens (tertiary/aromatic N) is 2. The van der Waals surface area contributed by atoms with Crippen molar-refractivity contribution in [3.63, 3.8) is 0 Å². The normalized spacial score (nSPS) is 27.7. The van der Waals surface area contributed by atoms with Gasteiger partial charge in [0.1, 0.15) is 5.69 Å². The highest BCUT2D eigenvalue weighted by atomic mass is 32.1. The maximum atomic E-state index is 14.5. The first-order valence-corrected chi connectivity index (χ1v) is 18.2. The Morgan fingerprint density at radius 2 is 1.96 bits per heavy atom. The number of aromatic nitrogens is 2. The van der Waals surface area contributed by atoms with Crippen LogP contribution >= 0.6 is 11.3 Å². The van der Waals surface area contributed by atoms with Crippen LogP contribution in [0.4, 0.5) is 5.69 Å². The Labute approximate surface area is 276 Å². The Kier molecular flexibility index (Phi) is 7.69. The lowest BCUT2D eigenvalue weighted by Crippen LogP contribution is -2.48. The molecule has 4 saturated carbocycles. The van der Waals surface area contributed by atoms with E-state index in [1.165, 1.54) is 65.6 Å². The van der Waals surface area contributed by atoms with Crippen LogP contribution < -0.4 is 5.32 Å². The van der Waals surface area contributed by atoms with E-state index in [1.807, 2.05) is 5.38 Å². The average Bonchev–Trinajstić information content (AvgIpc) is 3.81. The second kappa shape index (κ2) is 11.9. The Morgan fingerprint density at radius 1 is 1.15 bits per heavy atom. The third kappa shape index (κ3) is 5.05. The molecule has 2 unspecified atom stereocenters. The van der Waals surface area contributed by atoms with Gasteiger partial charge in [-0.1, -0.05) is 38.0 Å². The molecule has 4 fully saturated rings. The van der Waals surface area contributed by atoms with Crippen molar-refractivity contribution >= 4 is 33.8 Å². The van der Waals surface area contributed by atoms with Crippen molar-refractivity contribution in [3.05, 3.63) is 80.9 Å². The summed E-state index contributed by atoms with van der Waals surface area (Å²) in [5.74, 6) is 5.16. The molecule has 238 valence electrons. The van der Waals surface area contributed by atoms with Gasteiger partial charge in [0.05, 0.1) is 6.04 Å². The number of aliphatic hydroxyl groups is 1. The second-order valence-corrected chi connectivity index (χ2v) is 15.3. The minimum absolute atomic E-state index is 0.0298. The summed E-state index contributed by atoms with van der Waals surface area (Å²) in [6.45, 7) is 2.40. The number of hydrogen-bond acceptors (Lipinski definition) is 5. The first-order chi connectivity index (χ1) is 22.5. The van der Waals surface area contributed by atoms with Gasteiger partial charge < -0.3 is 20.3 Å². The third-order valence-electron chi connectivity index (χ3n) is 11.6. The number of rotatable bonds is 10. The smallest absolute Gasteiger partial charge is 0.274 e. The van der Waals surface area contributed by atoms with Gasteiger partial charge in [-0.2, -0.15) is 0 Å². The van der Waals surface area contributed by atoms with Gasteiger partial charge in [0, 0.05) is 45.9 Å². The average molecular weight is 633 g/mol. The topological polar surface area (TPSA) is 81.2 Å². The summed E-state index contributed by atoms with van der Waals surface area (Å²) in [7, 11) is 0. The van der Waals surface area contributed by atoms with E-state index in [2.05, 4.69) is 75.5 Å². The van der Waals surface area contributed by atoms with Crippen LogP contribution in [0, 0.1) is 30.1 Å². The van der Waals surface area contributed by atoms with Crippen LogP contribution in [-0.4, -0.2) is 44.1 Å². The third-order valence-corrected chi connectivity index (χ3v) is 12.4. The van der Waals surface area contributed by atoms with E-state index in [0.29, 0.717) is 10.7 Å². The predicted octanol–water partition coefficient (Wildman–Crippen LogP) is 7.87. The maximum Gasteiger partial charge on any atom is 0.274 e. The minimum atomic E-state index is -0.270. The summed E-state index contributed by atoms with van der Waals surface area (Å²) >= 11 is 1.35. The monoisotopic (exact) mass is 632 g/mol. The highest BCUT2D eigenvalue weighted by Crippen LogP contribution is 2.61. The van der Waals surface area contributed by atoms with E-state index in [-0.39, 0.29) is 30.1 Å². The van der Waals surface area contributed by atoms with E-state index in [1.54, 1.807) is 0 Å². The number of carbonyl (C=O) groups is 1. The van der Waals surface area contributed by atoms with Crippen LogP contribution in [0.3, 0.4) is 0 Å². The van der Waals surface area contributed by atoms with Gasteiger partial charge in [-0.25, -0.2) is 4.98 Å². The first kappa shape index (κ1) is 29.8. The number of terminal acetylenes is 1. The predicted molar refractivity (Wildman–Crippen MR) is 185 cm³/mol. The zero-order chi connectivity index (χ0) is 31.4. The number of carbonyl (C=O) groups excluding carboxylic acids is 1. The summed E-state index contributed by atoms with van der Waals surface area (Å²) in [6.07, 6.45) is 17.9. The van der Waals surface area contributed by atoms with Crippen LogP contribution in [0.1, 0.15) is 109 Å². The molecule has 5 aliphatic rings. The number of benzene rings is 2.